The number of nitrogens with zero attached hydrogens (tertiary/aromatic N) is 4. The lowest BCUT2D eigenvalue weighted by Gasteiger charge is -2.36. The zero-order valence-electron chi connectivity index (χ0n) is 16.6. The van der Waals surface area contributed by atoms with Gasteiger partial charge in [0.05, 0.1) is 11.0 Å². The van der Waals surface area contributed by atoms with Crippen molar-refractivity contribution in [2.45, 2.75) is 64.2 Å². The number of aromatic nitrogens is 2. The molecule has 3 heterocycles. The number of amides is 2. The average Bonchev–Trinajstić information content (AvgIpc) is 3.12. The zero-order chi connectivity index (χ0) is 20.3. The van der Waals surface area contributed by atoms with Gasteiger partial charge in [-0.1, -0.05) is 0 Å². The Balaban J connectivity index is 1.61. The smallest absolute Gasteiger partial charge is 0.410 e. The predicted molar refractivity (Wildman–Crippen MR) is 106 cm³/mol. The summed E-state index contributed by atoms with van der Waals surface area (Å²) in [6.07, 6.45) is 5.82. The van der Waals surface area contributed by atoms with Gasteiger partial charge in [-0.15, -0.1) is 0 Å². The molecule has 2 unspecified atom stereocenters. The molecular formula is C19H27BrN4O4. The summed E-state index contributed by atoms with van der Waals surface area (Å²) in [4.78, 5) is 37.2. The highest BCUT2D eigenvalue weighted by atomic mass is 79.9. The van der Waals surface area contributed by atoms with E-state index in [1.54, 1.807) is 22.2 Å². The number of hydrogen-bond acceptors (Lipinski definition) is 6. The van der Waals surface area contributed by atoms with Crippen LogP contribution in [0.25, 0.3) is 0 Å². The second-order valence-corrected chi connectivity index (χ2v) is 9.10. The number of likely N-dealkylation sites (tertiary alicyclic amines) is 2. The third-order valence-corrected chi connectivity index (χ3v) is 5.13. The van der Waals surface area contributed by atoms with Crippen molar-refractivity contribution in [2.24, 2.45) is 0 Å². The Hall–Kier alpha value is -1.90. The zero-order valence-corrected chi connectivity index (χ0v) is 18.1. The van der Waals surface area contributed by atoms with E-state index in [4.69, 9.17) is 9.47 Å². The van der Waals surface area contributed by atoms with Gasteiger partial charge >= 0.3 is 12.1 Å². The Morgan fingerprint density at radius 3 is 2.50 bits per heavy atom. The highest BCUT2D eigenvalue weighted by molar-refractivity contribution is 9.10. The third kappa shape index (κ3) is 5.33. The molecule has 0 radical (unpaired) electrons. The number of ether oxygens (including phenoxy) is 2. The number of carbonyl (C=O) groups is 2. The molecule has 1 aromatic heterocycles. The molecule has 154 valence electrons. The van der Waals surface area contributed by atoms with E-state index in [0.29, 0.717) is 32.1 Å². The Kier molecular flexibility index (Phi) is 6.42. The minimum Gasteiger partial charge on any atom is -0.458 e. The van der Waals surface area contributed by atoms with Crippen LogP contribution in [-0.4, -0.2) is 69.1 Å². The quantitative estimate of drug-likeness (QED) is 0.697. The predicted octanol–water partition coefficient (Wildman–Crippen LogP) is 3.01. The SMILES string of the molecule is CC(C)(C)OC(=O)N1CCCC1C(=O)N1CCCC(Oc2ncc(Br)cn2)C1. The molecule has 0 bridgehead atoms. The van der Waals surface area contributed by atoms with E-state index >= 15 is 0 Å². The van der Waals surface area contributed by atoms with Gasteiger partial charge in [0.2, 0.25) is 5.91 Å². The molecule has 9 heteroatoms. The fourth-order valence-electron chi connectivity index (χ4n) is 3.52. The van der Waals surface area contributed by atoms with E-state index in [1.165, 1.54) is 0 Å². The largest absolute Gasteiger partial charge is 0.458 e. The van der Waals surface area contributed by atoms with Gasteiger partial charge in [-0.05, 0) is 62.4 Å². The van der Waals surface area contributed by atoms with Crippen LogP contribution < -0.4 is 4.74 Å². The van der Waals surface area contributed by atoms with Gasteiger partial charge in [0.25, 0.3) is 0 Å². The van der Waals surface area contributed by atoms with Crippen molar-refractivity contribution >= 4 is 27.9 Å². The first kappa shape index (κ1) is 20.8. The second kappa shape index (κ2) is 8.63. The van der Waals surface area contributed by atoms with Crippen molar-refractivity contribution in [2.75, 3.05) is 19.6 Å². The minimum atomic E-state index is -0.581. The molecular weight excluding hydrogens is 428 g/mol. The fraction of sp³-hybridized carbons (Fsp3) is 0.684. The summed E-state index contributed by atoms with van der Waals surface area (Å²) in [7, 11) is 0. The molecule has 0 aromatic carbocycles. The van der Waals surface area contributed by atoms with Crippen molar-refractivity contribution in [3.05, 3.63) is 16.9 Å². The molecule has 0 saturated carbocycles. The van der Waals surface area contributed by atoms with Gasteiger partial charge in [0.15, 0.2) is 0 Å². The number of piperidine rings is 1. The average molecular weight is 455 g/mol. The van der Waals surface area contributed by atoms with Crippen LogP contribution in [0.15, 0.2) is 16.9 Å². The van der Waals surface area contributed by atoms with Crippen LogP contribution in [0.5, 0.6) is 6.01 Å². The van der Waals surface area contributed by atoms with Crippen LogP contribution in [0, 0.1) is 0 Å². The van der Waals surface area contributed by atoms with Crippen LogP contribution in [0.2, 0.25) is 0 Å². The maximum Gasteiger partial charge on any atom is 0.410 e. The van der Waals surface area contributed by atoms with Crippen molar-refractivity contribution in [1.82, 2.24) is 19.8 Å². The number of hydrogen-bond donors (Lipinski definition) is 0. The van der Waals surface area contributed by atoms with Crippen molar-refractivity contribution in [3.63, 3.8) is 0 Å². The summed E-state index contributed by atoms with van der Waals surface area (Å²) in [6, 6.07) is -0.156. The minimum absolute atomic E-state index is 0.0339. The number of halogens is 1. The molecule has 2 amide bonds. The number of carbonyl (C=O) groups excluding carboxylic acids is 2. The molecule has 8 nitrogen and oxygen atoms in total. The maximum atomic E-state index is 13.1. The van der Waals surface area contributed by atoms with Crippen LogP contribution >= 0.6 is 15.9 Å². The summed E-state index contributed by atoms with van der Waals surface area (Å²) < 4.78 is 12.1. The summed E-state index contributed by atoms with van der Waals surface area (Å²) in [5, 5.41) is 0. The molecule has 1 aromatic rings. The molecule has 0 N–H and O–H groups in total. The fourth-order valence-corrected chi connectivity index (χ4v) is 3.72. The summed E-state index contributed by atoms with van der Waals surface area (Å²) in [6.45, 7) is 7.17. The Morgan fingerprint density at radius 1 is 1.14 bits per heavy atom. The molecule has 2 aliphatic rings. The Labute approximate surface area is 173 Å². The topological polar surface area (TPSA) is 84.9 Å². The van der Waals surface area contributed by atoms with Crippen molar-refractivity contribution in [3.8, 4) is 6.01 Å². The highest BCUT2D eigenvalue weighted by Gasteiger charge is 2.39. The van der Waals surface area contributed by atoms with Crippen molar-refractivity contribution in [1.29, 1.82) is 0 Å². The first-order chi connectivity index (χ1) is 13.2. The lowest BCUT2D eigenvalue weighted by Crippen LogP contribution is -2.53. The van der Waals surface area contributed by atoms with Gasteiger partial charge in [-0.3, -0.25) is 9.69 Å². The van der Waals surface area contributed by atoms with Crippen molar-refractivity contribution < 1.29 is 19.1 Å². The first-order valence-electron chi connectivity index (χ1n) is 9.65. The first-order valence-corrected chi connectivity index (χ1v) is 10.4. The van der Waals surface area contributed by atoms with Gasteiger partial charge in [0, 0.05) is 25.5 Å². The van der Waals surface area contributed by atoms with E-state index in [-0.39, 0.29) is 12.0 Å². The molecule has 2 fully saturated rings. The van der Waals surface area contributed by atoms with E-state index < -0.39 is 17.7 Å². The van der Waals surface area contributed by atoms with E-state index in [1.807, 2.05) is 20.8 Å². The Bertz CT molecular complexity index is 707. The molecule has 2 saturated heterocycles. The summed E-state index contributed by atoms with van der Waals surface area (Å²) in [5.41, 5.74) is -0.581. The second-order valence-electron chi connectivity index (χ2n) is 8.18. The van der Waals surface area contributed by atoms with Gasteiger partial charge in [-0.25, -0.2) is 14.8 Å². The molecule has 2 atom stereocenters. The van der Waals surface area contributed by atoms with Crippen LogP contribution in [0.1, 0.15) is 46.5 Å². The van der Waals surface area contributed by atoms with Gasteiger partial charge < -0.3 is 14.4 Å². The normalized spacial score (nSPS) is 22.9. The highest BCUT2D eigenvalue weighted by Crippen LogP contribution is 2.24. The van der Waals surface area contributed by atoms with Crippen LogP contribution in [0.3, 0.4) is 0 Å². The molecule has 2 aliphatic heterocycles. The van der Waals surface area contributed by atoms with Crippen LogP contribution in [0.4, 0.5) is 4.79 Å². The standard InChI is InChI=1S/C19H27BrN4O4/c1-19(2,3)28-18(26)24-9-5-7-15(24)16(25)23-8-4-6-14(12-23)27-17-21-10-13(20)11-22-17/h10-11,14-15H,4-9,12H2,1-3H3. The maximum absolute atomic E-state index is 13.1. The molecule has 0 aliphatic carbocycles. The monoisotopic (exact) mass is 454 g/mol. The van der Waals surface area contributed by atoms with Crippen LogP contribution in [-0.2, 0) is 9.53 Å². The summed E-state index contributed by atoms with van der Waals surface area (Å²) >= 11 is 3.30. The number of rotatable bonds is 3. The van der Waals surface area contributed by atoms with Gasteiger partial charge in [-0.2, -0.15) is 0 Å². The molecule has 3 rings (SSSR count). The van der Waals surface area contributed by atoms with E-state index in [2.05, 4.69) is 25.9 Å². The van der Waals surface area contributed by atoms with Gasteiger partial charge in [0.1, 0.15) is 17.7 Å². The molecule has 0 spiro atoms. The lowest BCUT2D eigenvalue weighted by molar-refractivity contribution is -0.138. The molecule has 28 heavy (non-hydrogen) atoms. The Morgan fingerprint density at radius 2 is 1.82 bits per heavy atom. The third-order valence-electron chi connectivity index (χ3n) is 4.72. The lowest BCUT2D eigenvalue weighted by atomic mass is 10.1. The van der Waals surface area contributed by atoms with E-state index in [9.17, 15) is 9.59 Å². The summed E-state index contributed by atoms with van der Waals surface area (Å²) in [5.74, 6) is -0.0339. The van der Waals surface area contributed by atoms with E-state index in [0.717, 1.165) is 23.7 Å².